The van der Waals surface area contributed by atoms with Gasteiger partial charge in [-0.3, -0.25) is 0 Å². The van der Waals surface area contributed by atoms with Crippen molar-refractivity contribution in [2.24, 2.45) is 0 Å². The van der Waals surface area contributed by atoms with Crippen molar-refractivity contribution in [2.75, 3.05) is 18.2 Å². The van der Waals surface area contributed by atoms with Gasteiger partial charge in [0.1, 0.15) is 18.1 Å². The van der Waals surface area contributed by atoms with Crippen LogP contribution >= 0.6 is 0 Å². The number of hydrogen-bond donors (Lipinski definition) is 2. The molecule has 0 amide bonds. The Hall–Kier alpha value is -2.21. The van der Waals surface area contributed by atoms with Gasteiger partial charge in [-0.2, -0.15) is 0 Å². The Morgan fingerprint density at radius 1 is 1.19 bits per heavy atom. The molecule has 110 valence electrons. The molecule has 0 spiro atoms. The number of hydrogen-bond acceptors (Lipinski definition) is 5. The number of phenols is 1. The number of aromatic hydroxyl groups is 1. The molecule has 0 saturated heterocycles. The summed E-state index contributed by atoms with van der Waals surface area (Å²) >= 11 is 0. The Labute approximate surface area is 123 Å². The Morgan fingerprint density at radius 2 is 1.90 bits per heavy atom. The summed E-state index contributed by atoms with van der Waals surface area (Å²) < 4.78 is 28.4. The molecule has 0 fully saturated rings. The van der Waals surface area contributed by atoms with Crippen LogP contribution in [0.4, 0.5) is 5.69 Å². The summed E-state index contributed by atoms with van der Waals surface area (Å²) in [6.45, 7) is 0.465. The van der Waals surface area contributed by atoms with Crippen LogP contribution < -0.4 is 10.1 Å². The van der Waals surface area contributed by atoms with Crippen molar-refractivity contribution in [1.82, 2.24) is 0 Å². The average molecular weight is 305 g/mol. The summed E-state index contributed by atoms with van der Waals surface area (Å²) in [5.74, 6) is 0.840. The van der Waals surface area contributed by atoms with Crippen LogP contribution in [-0.4, -0.2) is 26.4 Å². The second-order valence-electron chi connectivity index (χ2n) is 5.03. The molecule has 0 saturated carbocycles. The first-order valence-electron chi connectivity index (χ1n) is 6.46. The highest BCUT2D eigenvalue weighted by Crippen LogP contribution is 2.36. The van der Waals surface area contributed by atoms with Crippen molar-refractivity contribution in [2.45, 2.75) is 10.9 Å². The lowest BCUT2D eigenvalue weighted by Crippen LogP contribution is -2.12. The fourth-order valence-electron chi connectivity index (χ4n) is 2.32. The third kappa shape index (κ3) is 2.80. The van der Waals surface area contributed by atoms with Crippen LogP contribution in [0.1, 0.15) is 11.6 Å². The van der Waals surface area contributed by atoms with E-state index < -0.39 is 9.84 Å². The zero-order chi connectivity index (χ0) is 15.0. The largest absolute Gasteiger partial charge is 0.508 e. The van der Waals surface area contributed by atoms with Crippen molar-refractivity contribution in [3.05, 3.63) is 48.0 Å². The number of benzene rings is 2. The molecule has 0 bridgehead atoms. The third-order valence-corrected chi connectivity index (χ3v) is 4.53. The van der Waals surface area contributed by atoms with Crippen LogP contribution in [0, 0.1) is 0 Å². The Kier molecular flexibility index (Phi) is 3.25. The molecule has 1 aliphatic heterocycles. The van der Waals surface area contributed by atoms with E-state index in [1.807, 2.05) is 6.07 Å². The van der Waals surface area contributed by atoms with Crippen LogP contribution in [0.5, 0.6) is 11.5 Å². The zero-order valence-electron chi connectivity index (χ0n) is 11.4. The van der Waals surface area contributed by atoms with E-state index >= 15 is 0 Å². The van der Waals surface area contributed by atoms with Crippen LogP contribution in [0.15, 0.2) is 47.4 Å². The molecule has 1 heterocycles. The smallest absolute Gasteiger partial charge is 0.175 e. The lowest BCUT2D eigenvalue weighted by molar-refractivity contribution is 0.338. The van der Waals surface area contributed by atoms with E-state index in [-0.39, 0.29) is 11.8 Å². The van der Waals surface area contributed by atoms with Gasteiger partial charge in [0.15, 0.2) is 9.84 Å². The second-order valence-corrected chi connectivity index (χ2v) is 7.04. The fourth-order valence-corrected chi connectivity index (χ4v) is 2.95. The first-order chi connectivity index (χ1) is 9.93. The first-order valence-corrected chi connectivity index (χ1v) is 8.35. The SMILES string of the molecule is CS(=O)(=O)c1ccc(NC2COc3cc(O)ccc32)cc1. The van der Waals surface area contributed by atoms with Gasteiger partial charge in [0.2, 0.25) is 0 Å². The summed E-state index contributed by atoms with van der Waals surface area (Å²) in [4.78, 5) is 0.293. The molecule has 2 aromatic carbocycles. The summed E-state index contributed by atoms with van der Waals surface area (Å²) in [6, 6.07) is 11.6. The summed E-state index contributed by atoms with van der Waals surface area (Å²) in [6.07, 6.45) is 1.18. The van der Waals surface area contributed by atoms with E-state index in [0.29, 0.717) is 17.3 Å². The van der Waals surface area contributed by atoms with E-state index in [1.54, 1.807) is 36.4 Å². The third-order valence-electron chi connectivity index (χ3n) is 3.40. The predicted octanol–water partition coefficient (Wildman–Crippen LogP) is 2.34. The van der Waals surface area contributed by atoms with E-state index in [9.17, 15) is 13.5 Å². The van der Waals surface area contributed by atoms with Gasteiger partial charge >= 0.3 is 0 Å². The van der Waals surface area contributed by atoms with Crippen LogP contribution in [0.25, 0.3) is 0 Å². The molecule has 5 nitrogen and oxygen atoms in total. The number of phenolic OH excluding ortho intramolecular Hbond substituents is 1. The van der Waals surface area contributed by atoms with Crippen molar-refractivity contribution < 1.29 is 18.3 Å². The van der Waals surface area contributed by atoms with Crippen molar-refractivity contribution in [3.8, 4) is 11.5 Å². The molecule has 1 aliphatic rings. The van der Waals surface area contributed by atoms with Crippen molar-refractivity contribution >= 4 is 15.5 Å². The lowest BCUT2D eigenvalue weighted by Gasteiger charge is -2.13. The molecule has 6 heteroatoms. The van der Waals surface area contributed by atoms with Crippen LogP contribution in [0.3, 0.4) is 0 Å². The van der Waals surface area contributed by atoms with Gasteiger partial charge < -0.3 is 15.2 Å². The number of nitrogens with one attached hydrogen (secondary N) is 1. The monoisotopic (exact) mass is 305 g/mol. The topological polar surface area (TPSA) is 75.6 Å². The molecule has 2 N–H and O–H groups in total. The standard InChI is InChI=1S/C15H15NO4S/c1-21(18,19)12-5-2-10(3-6-12)16-14-9-20-15-8-11(17)4-7-13(14)15/h2-8,14,16-17H,9H2,1H3. The quantitative estimate of drug-likeness (QED) is 0.910. The van der Waals surface area contributed by atoms with Gasteiger partial charge in [-0.1, -0.05) is 0 Å². The minimum Gasteiger partial charge on any atom is -0.508 e. The average Bonchev–Trinajstić information content (AvgIpc) is 2.80. The van der Waals surface area contributed by atoms with E-state index in [0.717, 1.165) is 11.3 Å². The van der Waals surface area contributed by atoms with Gasteiger partial charge in [0.05, 0.1) is 10.9 Å². The number of fused-ring (bicyclic) bond motifs is 1. The molecule has 2 aromatic rings. The Balaban J connectivity index is 1.80. The Bertz CT molecular complexity index is 769. The number of ether oxygens (including phenoxy) is 1. The zero-order valence-corrected chi connectivity index (χ0v) is 12.2. The normalized spacial score (nSPS) is 17.1. The minimum atomic E-state index is -3.18. The molecule has 1 unspecified atom stereocenters. The highest BCUT2D eigenvalue weighted by molar-refractivity contribution is 7.90. The first kappa shape index (κ1) is 13.8. The van der Waals surface area contributed by atoms with E-state index in [1.165, 1.54) is 6.26 Å². The number of anilines is 1. The van der Waals surface area contributed by atoms with Gasteiger partial charge in [-0.15, -0.1) is 0 Å². The van der Waals surface area contributed by atoms with Gasteiger partial charge in [-0.25, -0.2) is 8.42 Å². The van der Waals surface area contributed by atoms with E-state index in [4.69, 9.17) is 4.74 Å². The van der Waals surface area contributed by atoms with Gasteiger partial charge in [0.25, 0.3) is 0 Å². The highest BCUT2D eigenvalue weighted by Gasteiger charge is 2.24. The molecule has 1 atom stereocenters. The van der Waals surface area contributed by atoms with E-state index in [2.05, 4.69) is 5.32 Å². The number of rotatable bonds is 3. The molecular formula is C15H15NO4S. The maximum atomic E-state index is 11.4. The minimum absolute atomic E-state index is 0.0234. The molecule has 0 aliphatic carbocycles. The maximum absolute atomic E-state index is 11.4. The summed E-state index contributed by atoms with van der Waals surface area (Å²) in [5.41, 5.74) is 1.79. The summed E-state index contributed by atoms with van der Waals surface area (Å²) in [5, 5.41) is 12.7. The van der Waals surface area contributed by atoms with Crippen LogP contribution in [0.2, 0.25) is 0 Å². The highest BCUT2D eigenvalue weighted by atomic mass is 32.2. The van der Waals surface area contributed by atoms with Crippen molar-refractivity contribution in [3.63, 3.8) is 0 Å². The lowest BCUT2D eigenvalue weighted by atomic mass is 10.1. The van der Waals surface area contributed by atoms with Gasteiger partial charge in [0, 0.05) is 23.6 Å². The fraction of sp³-hybridized carbons (Fsp3) is 0.200. The molecular weight excluding hydrogens is 290 g/mol. The van der Waals surface area contributed by atoms with Gasteiger partial charge in [-0.05, 0) is 36.4 Å². The molecule has 3 rings (SSSR count). The predicted molar refractivity (Wildman–Crippen MR) is 79.5 cm³/mol. The second kappa shape index (κ2) is 4.96. The maximum Gasteiger partial charge on any atom is 0.175 e. The molecule has 21 heavy (non-hydrogen) atoms. The van der Waals surface area contributed by atoms with Crippen LogP contribution in [-0.2, 0) is 9.84 Å². The summed E-state index contributed by atoms with van der Waals surface area (Å²) in [7, 11) is -3.18. The number of sulfone groups is 1. The van der Waals surface area contributed by atoms with Crippen molar-refractivity contribution in [1.29, 1.82) is 0 Å². The molecule has 0 aromatic heterocycles. The Morgan fingerprint density at radius 3 is 2.57 bits per heavy atom. The molecule has 0 radical (unpaired) electrons.